The van der Waals surface area contributed by atoms with E-state index in [9.17, 15) is 10.1 Å². The topological polar surface area (TPSA) is 86.0 Å². The van der Waals surface area contributed by atoms with Crippen molar-refractivity contribution in [2.75, 3.05) is 11.9 Å². The Morgan fingerprint density at radius 3 is 2.60 bits per heavy atom. The second-order valence-corrected chi connectivity index (χ2v) is 10.8. The summed E-state index contributed by atoms with van der Waals surface area (Å²) < 4.78 is 11.8. The molecule has 4 aromatic rings. The standard InChI is InChI=1S/C34H30ClN3O4/c1-2-41-32-19-23(18-30(35)34(32)42-21-22-10-16-26(17-11-22)38(39)40)20-36-25-14-12-24(13-15-25)33-29-8-5-7-27(29)28-6-3-4-9-31(28)37-33/h3-7,9-20,27,29,33,37H,2,8,21H2,1H3/t27-,29+,33+/m1/s1. The van der Waals surface area contributed by atoms with Crippen LogP contribution in [-0.2, 0) is 6.61 Å². The highest BCUT2D eigenvalue weighted by molar-refractivity contribution is 6.32. The maximum Gasteiger partial charge on any atom is 0.269 e. The smallest absolute Gasteiger partial charge is 0.269 e. The number of fused-ring (bicyclic) bond motifs is 3. The molecule has 2 aliphatic rings. The van der Waals surface area contributed by atoms with Crippen molar-refractivity contribution in [3.05, 3.63) is 134 Å². The molecule has 1 aliphatic carbocycles. The van der Waals surface area contributed by atoms with Crippen LogP contribution >= 0.6 is 11.6 Å². The first-order chi connectivity index (χ1) is 20.5. The zero-order valence-corrected chi connectivity index (χ0v) is 23.8. The van der Waals surface area contributed by atoms with Gasteiger partial charge in [0, 0.05) is 30.0 Å². The zero-order chi connectivity index (χ0) is 29.1. The van der Waals surface area contributed by atoms with Crippen molar-refractivity contribution in [3.8, 4) is 11.5 Å². The van der Waals surface area contributed by atoms with Crippen molar-refractivity contribution in [2.24, 2.45) is 10.9 Å². The van der Waals surface area contributed by atoms with Gasteiger partial charge in [0.05, 0.1) is 28.3 Å². The number of non-ortho nitro benzene ring substituents is 1. The Morgan fingerprint density at radius 2 is 1.83 bits per heavy atom. The summed E-state index contributed by atoms with van der Waals surface area (Å²) in [5, 5.41) is 15.1. The van der Waals surface area contributed by atoms with E-state index in [-0.39, 0.29) is 18.3 Å². The average molecular weight is 580 g/mol. The number of rotatable bonds is 9. The number of nitro groups is 1. The van der Waals surface area contributed by atoms with Crippen LogP contribution in [0, 0.1) is 16.0 Å². The number of anilines is 1. The summed E-state index contributed by atoms with van der Waals surface area (Å²) in [4.78, 5) is 15.2. The van der Waals surface area contributed by atoms with Gasteiger partial charge in [0.2, 0.25) is 0 Å². The lowest BCUT2D eigenvalue weighted by molar-refractivity contribution is -0.384. The van der Waals surface area contributed by atoms with E-state index in [0.717, 1.165) is 23.2 Å². The van der Waals surface area contributed by atoms with Crippen LogP contribution in [0.15, 0.2) is 102 Å². The van der Waals surface area contributed by atoms with Gasteiger partial charge >= 0.3 is 0 Å². The average Bonchev–Trinajstić information content (AvgIpc) is 3.50. The van der Waals surface area contributed by atoms with Crippen LogP contribution in [-0.4, -0.2) is 17.7 Å². The van der Waals surface area contributed by atoms with Gasteiger partial charge in [-0.25, -0.2) is 0 Å². The van der Waals surface area contributed by atoms with Gasteiger partial charge in [-0.3, -0.25) is 15.1 Å². The molecule has 3 atom stereocenters. The number of hydrogen-bond donors (Lipinski definition) is 1. The molecule has 42 heavy (non-hydrogen) atoms. The number of aliphatic imine (C=N–C) groups is 1. The fourth-order valence-corrected chi connectivity index (χ4v) is 6.00. The van der Waals surface area contributed by atoms with Crippen molar-refractivity contribution < 1.29 is 14.4 Å². The van der Waals surface area contributed by atoms with Crippen LogP contribution in [0.3, 0.4) is 0 Å². The first kappa shape index (κ1) is 27.5. The van der Waals surface area contributed by atoms with Gasteiger partial charge in [0.1, 0.15) is 6.61 Å². The highest BCUT2D eigenvalue weighted by Crippen LogP contribution is 2.49. The number of nitro benzene ring substituents is 1. The Hall–Kier alpha value is -4.62. The highest BCUT2D eigenvalue weighted by Gasteiger charge is 2.37. The summed E-state index contributed by atoms with van der Waals surface area (Å²) >= 11 is 6.60. The minimum absolute atomic E-state index is 0.0289. The summed E-state index contributed by atoms with van der Waals surface area (Å²) in [5.74, 6) is 1.86. The maximum absolute atomic E-state index is 10.9. The summed E-state index contributed by atoms with van der Waals surface area (Å²) in [6.45, 7) is 2.51. The third-order valence-corrected chi connectivity index (χ3v) is 8.03. The number of allylic oxidation sites excluding steroid dienone is 2. The molecule has 0 radical (unpaired) electrons. The van der Waals surface area contributed by atoms with Gasteiger partial charge < -0.3 is 14.8 Å². The van der Waals surface area contributed by atoms with Crippen molar-refractivity contribution in [3.63, 3.8) is 0 Å². The molecule has 1 N–H and O–H groups in total. The molecule has 0 amide bonds. The van der Waals surface area contributed by atoms with E-state index in [1.165, 1.54) is 28.9 Å². The molecule has 0 saturated carbocycles. The lowest BCUT2D eigenvalue weighted by atomic mass is 9.77. The Bertz CT molecular complexity index is 1650. The summed E-state index contributed by atoms with van der Waals surface area (Å²) in [7, 11) is 0. The normalized spacial score (nSPS) is 18.8. The lowest BCUT2D eigenvalue weighted by Crippen LogP contribution is -2.28. The van der Waals surface area contributed by atoms with Crippen LogP contribution in [0.2, 0.25) is 5.02 Å². The minimum Gasteiger partial charge on any atom is -0.490 e. The monoisotopic (exact) mass is 579 g/mol. The van der Waals surface area contributed by atoms with Gasteiger partial charge in [-0.05, 0) is 84.0 Å². The van der Waals surface area contributed by atoms with E-state index in [0.29, 0.717) is 35.0 Å². The van der Waals surface area contributed by atoms with Gasteiger partial charge in [-0.2, -0.15) is 0 Å². The zero-order valence-electron chi connectivity index (χ0n) is 23.1. The second-order valence-electron chi connectivity index (χ2n) is 10.4. The highest BCUT2D eigenvalue weighted by atomic mass is 35.5. The van der Waals surface area contributed by atoms with Gasteiger partial charge in [0.25, 0.3) is 5.69 Å². The van der Waals surface area contributed by atoms with Crippen molar-refractivity contribution >= 4 is 34.9 Å². The van der Waals surface area contributed by atoms with Crippen LogP contribution in [0.4, 0.5) is 17.1 Å². The minimum atomic E-state index is -0.432. The van der Waals surface area contributed by atoms with Gasteiger partial charge in [-0.15, -0.1) is 0 Å². The maximum atomic E-state index is 10.9. The molecule has 7 nitrogen and oxygen atoms in total. The molecule has 8 heteroatoms. The Morgan fingerprint density at radius 1 is 1.05 bits per heavy atom. The number of hydrogen-bond acceptors (Lipinski definition) is 6. The molecular formula is C34H30ClN3O4. The van der Waals surface area contributed by atoms with Crippen molar-refractivity contribution in [1.82, 2.24) is 0 Å². The Balaban J connectivity index is 1.16. The molecule has 0 aromatic heterocycles. The van der Waals surface area contributed by atoms with Gasteiger partial charge in [0.15, 0.2) is 11.5 Å². The van der Waals surface area contributed by atoms with E-state index in [1.807, 2.05) is 25.1 Å². The number of nitrogens with zero attached hydrogens (tertiary/aromatic N) is 2. The van der Waals surface area contributed by atoms with Crippen LogP contribution in [0.25, 0.3) is 0 Å². The summed E-state index contributed by atoms with van der Waals surface area (Å²) in [6, 6.07) is 27.1. The number of nitrogens with one attached hydrogen (secondary N) is 1. The molecule has 6 rings (SSSR count). The number of ether oxygens (including phenoxy) is 2. The lowest BCUT2D eigenvalue weighted by Gasteiger charge is -2.37. The van der Waals surface area contributed by atoms with Crippen molar-refractivity contribution in [2.45, 2.75) is 31.9 Å². The fourth-order valence-electron chi connectivity index (χ4n) is 5.73. The third kappa shape index (κ3) is 5.74. The van der Waals surface area contributed by atoms with Crippen molar-refractivity contribution in [1.29, 1.82) is 0 Å². The van der Waals surface area contributed by atoms with E-state index >= 15 is 0 Å². The quantitative estimate of drug-likeness (QED) is 0.0926. The third-order valence-electron chi connectivity index (χ3n) is 7.75. The number of benzene rings is 4. The number of halogens is 1. The summed E-state index contributed by atoms with van der Waals surface area (Å²) in [5.41, 5.74) is 6.26. The SMILES string of the molecule is CCOc1cc(C=Nc2ccc([C@@H]3Nc4ccccc4[C@H]4C=CC[C@@H]43)cc2)cc(Cl)c1OCc1ccc([N+](=O)[O-])cc1. The molecule has 1 aliphatic heterocycles. The van der Waals surface area contributed by atoms with E-state index in [2.05, 4.69) is 58.9 Å². The number of para-hydroxylation sites is 1. The Kier molecular flexibility index (Phi) is 7.93. The predicted octanol–water partition coefficient (Wildman–Crippen LogP) is 8.80. The summed E-state index contributed by atoms with van der Waals surface area (Å²) in [6.07, 6.45) is 7.48. The molecule has 0 bridgehead atoms. The largest absolute Gasteiger partial charge is 0.490 e. The van der Waals surface area contributed by atoms with Crippen LogP contribution in [0.5, 0.6) is 11.5 Å². The molecule has 0 spiro atoms. The fraction of sp³-hybridized carbons (Fsp3) is 0.206. The molecule has 1 heterocycles. The molecule has 0 unspecified atom stereocenters. The first-order valence-corrected chi connectivity index (χ1v) is 14.4. The van der Waals surface area contributed by atoms with E-state index in [1.54, 1.807) is 24.4 Å². The second kappa shape index (κ2) is 12.1. The van der Waals surface area contributed by atoms with Crippen LogP contribution in [0.1, 0.15) is 47.6 Å². The molecular weight excluding hydrogens is 550 g/mol. The van der Waals surface area contributed by atoms with Gasteiger partial charge in [-0.1, -0.05) is 54.1 Å². The van der Waals surface area contributed by atoms with E-state index < -0.39 is 4.92 Å². The first-order valence-electron chi connectivity index (χ1n) is 14.0. The Labute approximate surface area is 249 Å². The van der Waals surface area contributed by atoms with E-state index in [4.69, 9.17) is 21.1 Å². The van der Waals surface area contributed by atoms with Crippen LogP contribution < -0.4 is 14.8 Å². The predicted molar refractivity (Wildman–Crippen MR) is 167 cm³/mol. The molecule has 212 valence electrons. The molecule has 4 aromatic carbocycles. The molecule has 0 fully saturated rings. The molecule has 0 saturated heterocycles.